The number of benzene rings is 1. The zero-order valence-electron chi connectivity index (χ0n) is 12.5. The molecule has 8 nitrogen and oxygen atoms in total. The van der Waals surface area contributed by atoms with Crippen molar-refractivity contribution in [1.82, 2.24) is 19.7 Å². The van der Waals surface area contributed by atoms with Gasteiger partial charge in [-0.25, -0.2) is 4.98 Å². The third-order valence-electron chi connectivity index (χ3n) is 3.60. The molecule has 0 spiro atoms. The van der Waals surface area contributed by atoms with Crippen molar-refractivity contribution in [3.05, 3.63) is 62.3 Å². The number of hydrogen-bond donors (Lipinski definition) is 1. The molecule has 3 rings (SSSR count). The third kappa shape index (κ3) is 2.70. The molecular weight excluding hydrogens is 298 g/mol. The van der Waals surface area contributed by atoms with Gasteiger partial charge in [-0.15, -0.1) is 0 Å². The maximum atomic E-state index is 12.1. The molecule has 0 bridgehead atoms. The number of nitro benzene ring substituents is 1. The highest BCUT2D eigenvalue weighted by Gasteiger charge is 2.18. The molecule has 0 aliphatic heterocycles. The monoisotopic (exact) mass is 313 g/mol. The number of nitro groups is 1. The Labute approximate surface area is 130 Å². The first-order valence-electron chi connectivity index (χ1n) is 7.27. The zero-order chi connectivity index (χ0) is 16.4. The number of H-pyrrole nitrogens is 1. The van der Waals surface area contributed by atoms with E-state index in [1.54, 1.807) is 18.2 Å². The minimum atomic E-state index is -0.434. The quantitative estimate of drug-likeness (QED) is 0.573. The number of nitrogens with one attached hydrogen (secondary N) is 1. The minimum absolute atomic E-state index is 0.00788. The second kappa shape index (κ2) is 5.99. The molecule has 118 valence electrons. The Bertz CT molecular complexity index is 928. The summed E-state index contributed by atoms with van der Waals surface area (Å²) < 4.78 is 1.49. The Balaban J connectivity index is 2.14. The number of fused-ring (bicyclic) bond motifs is 1. The van der Waals surface area contributed by atoms with Gasteiger partial charge < -0.3 is 4.98 Å². The average molecular weight is 313 g/mol. The van der Waals surface area contributed by atoms with Gasteiger partial charge in [0.25, 0.3) is 11.2 Å². The van der Waals surface area contributed by atoms with E-state index in [0.717, 1.165) is 12.1 Å². The van der Waals surface area contributed by atoms with E-state index in [0.29, 0.717) is 23.0 Å². The van der Waals surface area contributed by atoms with Gasteiger partial charge in [-0.2, -0.15) is 5.10 Å². The molecule has 1 N–H and O–H groups in total. The number of aromatic amines is 1. The summed E-state index contributed by atoms with van der Waals surface area (Å²) in [5.74, 6) is 0. The summed E-state index contributed by atoms with van der Waals surface area (Å²) in [6.45, 7) is 2.16. The van der Waals surface area contributed by atoms with Crippen molar-refractivity contribution in [3.8, 4) is 0 Å². The van der Waals surface area contributed by atoms with Gasteiger partial charge in [-0.1, -0.05) is 31.5 Å². The second-order valence-electron chi connectivity index (χ2n) is 5.17. The van der Waals surface area contributed by atoms with Gasteiger partial charge in [0.1, 0.15) is 5.52 Å². The number of nitrogens with zero attached hydrogens (tertiary/aromatic N) is 4. The van der Waals surface area contributed by atoms with Gasteiger partial charge in [0, 0.05) is 6.07 Å². The molecule has 0 radical (unpaired) electrons. The predicted molar refractivity (Wildman–Crippen MR) is 84.3 cm³/mol. The summed E-state index contributed by atoms with van der Waals surface area (Å²) in [5.41, 5.74) is 1.82. The Morgan fingerprint density at radius 1 is 1.35 bits per heavy atom. The van der Waals surface area contributed by atoms with Crippen molar-refractivity contribution in [2.24, 2.45) is 0 Å². The number of aromatic nitrogens is 4. The smallest absolute Gasteiger partial charge is 0.276 e. The molecule has 0 fully saturated rings. The van der Waals surface area contributed by atoms with E-state index in [-0.39, 0.29) is 17.8 Å². The zero-order valence-corrected chi connectivity index (χ0v) is 12.5. The molecule has 0 amide bonds. The molecule has 2 aromatic heterocycles. The lowest BCUT2D eigenvalue weighted by atomic mass is 10.2. The fraction of sp³-hybridized carbons (Fsp3) is 0.267. The summed E-state index contributed by atoms with van der Waals surface area (Å²) in [6, 6.07) is 6.44. The lowest BCUT2D eigenvalue weighted by molar-refractivity contribution is -0.385. The van der Waals surface area contributed by atoms with Gasteiger partial charge >= 0.3 is 0 Å². The third-order valence-corrected chi connectivity index (χ3v) is 3.60. The van der Waals surface area contributed by atoms with E-state index >= 15 is 0 Å². The van der Waals surface area contributed by atoms with Crippen molar-refractivity contribution in [2.75, 3.05) is 0 Å². The van der Waals surface area contributed by atoms with Crippen molar-refractivity contribution in [2.45, 2.75) is 26.3 Å². The van der Waals surface area contributed by atoms with E-state index in [2.05, 4.69) is 15.1 Å². The molecular formula is C15H15N5O3. The SMILES string of the molecule is CCCc1nn(Cc2ccccc2[N+](=O)[O-])c2c(=O)[nH]cnc12. The largest absolute Gasteiger partial charge is 0.311 e. The number of aryl methyl sites for hydroxylation is 1. The molecule has 0 saturated carbocycles. The van der Waals surface area contributed by atoms with Crippen LogP contribution in [0.25, 0.3) is 11.0 Å². The van der Waals surface area contributed by atoms with Crippen molar-refractivity contribution in [3.63, 3.8) is 0 Å². The van der Waals surface area contributed by atoms with Crippen LogP contribution in [0.2, 0.25) is 0 Å². The van der Waals surface area contributed by atoms with Crippen LogP contribution in [0.3, 0.4) is 0 Å². The Morgan fingerprint density at radius 2 is 2.13 bits per heavy atom. The highest BCUT2D eigenvalue weighted by atomic mass is 16.6. The standard InChI is InChI=1S/C15H15N5O3/c1-2-5-11-13-14(15(21)17-9-16-13)19(18-11)8-10-6-3-4-7-12(10)20(22)23/h3-4,6-7,9H,2,5,8H2,1H3,(H,16,17,21). The first-order valence-corrected chi connectivity index (χ1v) is 7.27. The van der Waals surface area contributed by atoms with Crippen LogP contribution in [0.5, 0.6) is 0 Å². The molecule has 0 aliphatic carbocycles. The first kappa shape index (κ1) is 14.9. The van der Waals surface area contributed by atoms with Crippen LogP contribution in [-0.4, -0.2) is 24.7 Å². The summed E-state index contributed by atoms with van der Waals surface area (Å²) in [5, 5.41) is 15.6. The molecule has 3 aromatic rings. The topological polar surface area (TPSA) is 107 Å². The predicted octanol–water partition coefficient (Wildman–Crippen LogP) is 2.03. The molecule has 0 saturated heterocycles. The molecule has 0 atom stereocenters. The van der Waals surface area contributed by atoms with Gasteiger partial charge in [0.05, 0.1) is 29.1 Å². The van der Waals surface area contributed by atoms with Crippen molar-refractivity contribution in [1.29, 1.82) is 0 Å². The summed E-state index contributed by atoms with van der Waals surface area (Å²) >= 11 is 0. The average Bonchev–Trinajstić information content (AvgIpc) is 2.87. The van der Waals surface area contributed by atoms with E-state index in [4.69, 9.17) is 0 Å². The second-order valence-corrected chi connectivity index (χ2v) is 5.17. The summed E-state index contributed by atoms with van der Waals surface area (Å²) in [6.07, 6.45) is 2.91. The Morgan fingerprint density at radius 3 is 2.87 bits per heavy atom. The van der Waals surface area contributed by atoms with Crippen molar-refractivity contribution < 1.29 is 4.92 Å². The molecule has 23 heavy (non-hydrogen) atoms. The van der Waals surface area contributed by atoms with Gasteiger partial charge in [-0.3, -0.25) is 19.6 Å². The Hall–Kier alpha value is -3.03. The summed E-state index contributed by atoms with van der Waals surface area (Å²) in [4.78, 5) is 29.6. The van der Waals surface area contributed by atoms with E-state index in [1.165, 1.54) is 17.1 Å². The molecule has 0 aliphatic rings. The number of para-hydroxylation sites is 1. The molecule has 2 heterocycles. The maximum absolute atomic E-state index is 12.1. The van der Waals surface area contributed by atoms with Crippen LogP contribution in [0.4, 0.5) is 5.69 Å². The fourth-order valence-corrected chi connectivity index (χ4v) is 2.59. The molecule has 8 heteroatoms. The highest BCUT2D eigenvalue weighted by molar-refractivity contribution is 5.76. The van der Waals surface area contributed by atoms with Crippen LogP contribution in [0.1, 0.15) is 24.6 Å². The van der Waals surface area contributed by atoms with Crippen LogP contribution >= 0.6 is 0 Å². The van der Waals surface area contributed by atoms with Crippen LogP contribution < -0.4 is 5.56 Å². The van der Waals surface area contributed by atoms with E-state index in [1.807, 2.05) is 6.92 Å². The number of hydrogen-bond acceptors (Lipinski definition) is 5. The van der Waals surface area contributed by atoms with Crippen LogP contribution in [0.15, 0.2) is 35.4 Å². The lowest BCUT2D eigenvalue weighted by Gasteiger charge is -2.04. The normalized spacial score (nSPS) is 11.0. The fourth-order valence-electron chi connectivity index (χ4n) is 2.59. The highest BCUT2D eigenvalue weighted by Crippen LogP contribution is 2.21. The van der Waals surface area contributed by atoms with E-state index < -0.39 is 4.92 Å². The maximum Gasteiger partial charge on any atom is 0.276 e. The van der Waals surface area contributed by atoms with Gasteiger partial charge in [0.2, 0.25) is 0 Å². The lowest BCUT2D eigenvalue weighted by Crippen LogP contribution is -2.13. The summed E-state index contributed by atoms with van der Waals surface area (Å²) in [7, 11) is 0. The van der Waals surface area contributed by atoms with Gasteiger partial charge in [-0.05, 0) is 6.42 Å². The first-order chi connectivity index (χ1) is 11.1. The van der Waals surface area contributed by atoms with Gasteiger partial charge in [0.15, 0.2) is 5.52 Å². The molecule has 1 aromatic carbocycles. The minimum Gasteiger partial charge on any atom is -0.311 e. The van der Waals surface area contributed by atoms with Crippen LogP contribution in [-0.2, 0) is 13.0 Å². The van der Waals surface area contributed by atoms with Crippen molar-refractivity contribution >= 4 is 16.7 Å². The Kier molecular flexibility index (Phi) is 3.88. The molecule has 0 unspecified atom stereocenters. The van der Waals surface area contributed by atoms with Crippen LogP contribution in [0, 0.1) is 10.1 Å². The number of rotatable bonds is 5. The van der Waals surface area contributed by atoms with E-state index in [9.17, 15) is 14.9 Å².